The molecule has 1 aromatic carbocycles. The van der Waals surface area contributed by atoms with Crippen LogP contribution >= 0.6 is 11.8 Å². The molecule has 1 amide bonds. The summed E-state index contributed by atoms with van der Waals surface area (Å²) in [7, 11) is -3.33. The van der Waals surface area contributed by atoms with Crippen molar-refractivity contribution in [3.63, 3.8) is 0 Å². The Labute approximate surface area is 161 Å². The fourth-order valence-electron chi connectivity index (χ4n) is 3.24. The molecule has 5 nitrogen and oxygen atoms in total. The predicted molar refractivity (Wildman–Crippen MR) is 107 cm³/mol. The lowest BCUT2D eigenvalue weighted by molar-refractivity contribution is -0.133. The number of carbonyl (C=O) groups is 1. The van der Waals surface area contributed by atoms with Crippen molar-refractivity contribution in [3.05, 3.63) is 24.3 Å². The van der Waals surface area contributed by atoms with Crippen LogP contribution in [0, 0.1) is 5.41 Å². The van der Waals surface area contributed by atoms with Crippen molar-refractivity contribution in [2.24, 2.45) is 11.1 Å². The molecule has 2 unspecified atom stereocenters. The Morgan fingerprint density at radius 1 is 1.38 bits per heavy atom. The van der Waals surface area contributed by atoms with Crippen LogP contribution in [0.4, 0.5) is 0 Å². The van der Waals surface area contributed by atoms with E-state index in [-0.39, 0.29) is 28.4 Å². The summed E-state index contributed by atoms with van der Waals surface area (Å²) in [6, 6.07) is 7.05. The van der Waals surface area contributed by atoms with Crippen LogP contribution < -0.4 is 5.73 Å². The molecule has 1 aliphatic heterocycles. The first-order valence-corrected chi connectivity index (χ1v) is 11.6. The monoisotopic (exact) mass is 398 g/mol. The summed E-state index contributed by atoms with van der Waals surface area (Å²) >= 11 is 1.32. The third-order valence-electron chi connectivity index (χ3n) is 4.93. The van der Waals surface area contributed by atoms with Gasteiger partial charge in [0.1, 0.15) is 0 Å². The van der Waals surface area contributed by atoms with Gasteiger partial charge in [-0.3, -0.25) is 4.79 Å². The summed E-state index contributed by atoms with van der Waals surface area (Å²) in [4.78, 5) is 15.7. The van der Waals surface area contributed by atoms with Gasteiger partial charge in [0.15, 0.2) is 9.84 Å². The molecule has 146 valence electrons. The third-order valence-corrected chi connectivity index (χ3v) is 8.20. The van der Waals surface area contributed by atoms with Crippen molar-refractivity contribution in [1.82, 2.24) is 4.90 Å². The van der Waals surface area contributed by atoms with E-state index in [2.05, 4.69) is 13.8 Å². The first-order chi connectivity index (χ1) is 12.1. The Morgan fingerprint density at radius 2 is 2.04 bits per heavy atom. The van der Waals surface area contributed by atoms with Crippen LogP contribution in [0.5, 0.6) is 0 Å². The first kappa shape index (κ1) is 21.3. The number of nitrogens with zero attached hydrogens (tertiary/aromatic N) is 1. The Balaban J connectivity index is 2.15. The summed E-state index contributed by atoms with van der Waals surface area (Å²) in [5.41, 5.74) is 6.05. The van der Waals surface area contributed by atoms with Gasteiger partial charge in [-0.15, -0.1) is 11.8 Å². The number of thioether (sulfide) groups is 1. The van der Waals surface area contributed by atoms with Gasteiger partial charge in [0.05, 0.1) is 15.9 Å². The van der Waals surface area contributed by atoms with Crippen molar-refractivity contribution in [1.29, 1.82) is 0 Å². The lowest BCUT2D eigenvalue weighted by Crippen LogP contribution is -2.55. The van der Waals surface area contributed by atoms with E-state index in [4.69, 9.17) is 5.73 Å². The SMILES string of the molecule is CCCS(=O)(=O)c1ccccc1SC(C)C(=O)N1CCC(N)C(C)(C)C1. The Bertz CT molecular complexity index is 747. The fourth-order valence-corrected chi connectivity index (χ4v) is 6.16. The molecule has 2 N–H and O–H groups in total. The van der Waals surface area contributed by atoms with Crippen LogP contribution in [0.2, 0.25) is 0 Å². The van der Waals surface area contributed by atoms with Gasteiger partial charge in [0.2, 0.25) is 5.91 Å². The summed E-state index contributed by atoms with van der Waals surface area (Å²) in [5.74, 6) is 0.156. The minimum absolute atomic E-state index is 0.0395. The van der Waals surface area contributed by atoms with Crippen LogP contribution in [0.25, 0.3) is 0 Å². The van der Waals surface area contributed by atoms with Gasteiger partial charge in [-0.05, 0) is 37.3 Å². The number of likely N-dealkylation sites (tertiary alicyclic amines) is 1. The number of nitrogens with two attached hydrogens (primary N) is 1. The molecule has 1 aromatic rings. The normalized spacial score (nSPS) is 21.4. The molecule has 1 aliphatic rings. The molecular formula is C19H30N2O3S2. The van der Waals surface area contributed by atoms with Crippen molar-refractivity contribution in [2.75, 3.05) is 18.8 Å². The maximum absolute atomic E-state index is 12.9. The number of hydrogen-bond acceptors (Lipinski definition) is 5. The maximum Gasteiger partial charge on any atom is 0.235 e. The molecule has 0 spiro atoms. The quantitative estimate of drug-likeness (QED) is 0.745. The zero-order valence-corrected chi connectivity index (χ0v) is 17.7. The average Bonchev–Trinajstić information content (AvgIpc) is 2.57. The van der Waals surface area contributed by atoms with Gasteiger partial charge in [-0.2, -0.15) is 0 Å². The zero-order chi connectivity index (χ0) is 19.5. The van der Waals surface area contributed by atoms with E-state index < -0.39 is 9.84 Å². The van der Waals surface area contributed by atoms with E-state index in [0.717, 1.165) is 6.42 Å². The zero-order valence-electron chi connectivity index (χ0n) is 16.1. The minimum atomic E-state index is -3.33. The van der Waals surface area contributed by atoms with E-state index in [1.165, 1.54) is 11.8 Å². The van der Waals surface area contributed by atoms with Gasteiger partial charge in [-0.1, -0.05) is 32.9 Å². The number of rotatable bonds is 6. The van der Waals surface area contributed by atoms with Crippen LogP contribution in [0.3, 0.4) is 0 Å². The minimum Gasteiger partial charge on any atom is -0.341 e. The highest BCUT2D eigenvalue weighted by Crippen LogP contribution is 2.33. The molecule has 1 heterocycles. The van der Waals surface area contributed by atoms with Crippen molar-refractivity contribution < 1.29 is 13.2 Å². The average molecular weight is 399 g/mol. The van der Waals surface area contributed by atoms with Gasteiger partial charge >= 0.3 is 0 Å². The standard InChI is InChI=1S/C19H30N2O3S2/c1-5-12-26(23,24)16-9-7-6-8-15(16)25-14(2)18(22)21-11-10-17(20)19(3,4)13-21/h6-9,14,17H,5,10-13,20H2,1-4H3. The van der Waals surface area contributed by atoms with E-state index in [1.54, 1.807) is 18.2 Å². The third kappa shape index (κ3) is 4.81. The number of amides is 1. The van der Waals surface area contributed by atoms with E-state index >= 15 is 0 Å². The summed E-state index contributed by atoms with van der Waals surface area (Å²) in [6.07, 6.45) is 1.36. The van der Waals surface area contributed by atoms with E-state index in [1.807, 2.05) is 24.8 Å². The predicted octanol–water partition coefficient (Wildman–Crippen LogP) is 2.94. The second kappa shape index (κ2) is 8.31. The number of hydrogen-bond donors (Lipinski definition) is 1. The maximum atomic E-state index is 12.9. The second-order valence-electron chi connectivity index (χ2n) is 7.67. The summed E-state index contributed by atoms with van der Waals surface area (Å²) < 4.78 is 25.0. The molecule has 0 aromatic heterocycles. The van der Waals surface area contributed by atoms with Crippen molar-refractivity contribution in [2.45, 2.75) is 61.6 Å². The molecule has 0 bridgehead atoms. The second-order valence-corrected chi connectivity index (χ2v) is 11.1. The Hall–Kier alpha value is -1.05. The largest absolute Gasteiger partial charge is 0.341 e. The fraction of sp³-hybridized carbons (Fsp3) is 0.632. The Kier molecular flexibility index (Phi) is 6.80. The lowest BCUT2D eigenvalue weighted by atomic mass is 9.79. The molecule has 7 heteroatoms. The molecule has 1 saturated heterocycles. The van der Waals surface area contributed by atoms with Gasteiger partial charge in [0, 0.05) is 24.0 Å². The summed E-state index contributed by atoms with van der Waals surface area (Å²) in [5, 5.41) is -0.349. The molecule has 2 rings (SSSR count). The first-order valence-electron chi connectivity index (χ1n) is 9.11. The van der Waals surface area contributed by atoms with Crippen LogP contribution in [0.15, 0.2) is 34.1 Å². The van der Waals surface area contributed by atoms with Gasteiger partial charge in [0.25, 0.3) is 0 Å². The molecular weight excluding hydrogens is 368 g/mol. The highest BCUT2D eigenvalue weighted by atomic mass is 32.2. The number of carbonyl (C=O) groups excluding carboxylic acids is 1. The summed E-state index contributed by atoms with van der Waals surface area (Å²) in [6.45, 7) is 9.15. The van der Waals surface area contributed by atoms with Crippen molar-refractivity contribution >= 4 is 27.5 Å². The lowest BCUT2D eigenvalue weighted by Gasteiger charge is -2.43. The highest BCUT2D eigenvalue weighted by Gasteiger charge is 2.36. The van der Waals surface area contributed by atoms with Crippen LogP contribution in [0.1, 0.15) is 40.5 Å². The number of sulfone groups is 1. The number of benzene rings is 1. The topological polar surface area (TPSA) is 80.5 Å². The van der Waals surface area contributed by atoms with Crippen molar-refractivity contribution in [3.8, 4) is 0 Å². The molecule has 1 fully saturated rings. The van der Waals surface area contributed by atoms with E-state index in [0.29, 0.717) is 29.3 Å². The van der Waals surface area contributed by atoms with E-state index in [9.17, 15) is 13.2 Å². The Morgan fingerprint density at radius 3 is 2.65 bits per heavy atom. The van der Waals surface area contributed by atoms with Crippen LogP contribution in [-0.2, 0) is 14.6 Å². The smallest absolute Gasteiger partial charge is 0.235 e. The highest BCUT2D eigenvalue weighted by molar-refractivity contribution is 8.01. The molecule has 26 heavy (non-hydrogen) atoms. The molecule has 0 saturated carbocycles. The molecule has 2 atom stereocenters. The number of piperidine rings is 1. The van der Waals surface area contributed by atoms with Gasteiger partial charge in [-0.25, -0.2) is 8.42 Å². The van der Waals surface area contributed by atoms with Crippen LogP contribution in [-0.4, -0.2) is 49.4 Å². The molecule has 0 radical (unpaired) electrons. The molecule has 0 aliphatic carbocycles. The van der Waals surface area contributed by atoms with Gasteiger partial charge < -0.3 is 10.6 Å².